The summed E-state index contributed by atoms with van der Waals surface area (Å²) in [6.45, 7) is 4.95. The molecule has 0 radical (unpaired) electrons. The van der Waals surface area contributed by atoms with Crippen LogP contribution in [0.5, 0.6) is 0 Å². The number of hydrogen-bond donors (Lipinski definition) is 0. The molecular formula is C21H24N6O. The Morgan fingerprint density at radius 1 is 1.21 bits per heavy atom. The molecule has 0 saturated carbocycles. The molecule has 1 aliphatic heterocycles. The van der Waals surface area contributed by atoms with Crippen LogP contribution in [0, 0.1) is 0 Å². The Labute approximate surface area is 164 Å². The van der Waals surface area contributed by atoms with E-state index in [0.29, 0.717) is 6.42 Å². The first-order chi connectivity index (χ1) is 13.6. The number of hydrogen-bond acceptors (Lipinski definition) is 5. The van der Waals surface area contributed by atoms with Crippen molar-refractivity contribution in [2.75, 3.05) is 6.54 Å². The number of amides is 1. The zero-order chi connectivity index (χ0) is 19.5. The number of aromatic nitrogens is 5. The van der Waals surface area contributed by atoms with Crippen molar-refractivity contribution in [1.82, 2.24) is 29.4 Å². The molecule has 144 valence electrons. The van der Waals surface area contributed by atoms with E-state index in [9.17, 15) is 4.79 Å². The molecule has 7 nitrogen and oxygen atoms in total. The van der Waals surface area contributed by atoms with Crippen LogP contribution in [-0.2, 0) is 11.2 Å². The van der Waals surface area contributed by atoms with Crippen LogP contribution >= 0.6 is 0 Å². The number of nitrogens with zero attached hydrogens (tertiary/aromatic N) is 6. The van der Waals surface area contributed by atoms with Crippen LogP contribution in [0.4, 0.5) is 0 Å². The number of rotatable bonds is 5. The molecule has 1 unspecified atom stereocenters. The van der Waals surface area contributed by atoms with E-state index < -0.39 is 0 Å². The van der Waals surface area contributed by atoms with E-state index in [2.05, 4.69) is 28.8 Å². The monoisotopic (exact) mass is 376 g/mol. The topological polar surface area (TPSA) is 76.8 Å². The minimum absolute atomic E-state index is 0.0392. The normalized spacial score (nSPS) is 16.7. The first-order valence-electron chi connectivity index (χ1n) is 9.67. The number of carbonyl (C=O) groups is 1. The van der Waals surface area contributed by atoms with Gasteiger partial charge in [-0.3, -0.25) is 19.3 Å². The highest BCUT2D eigenvalue weighted by Crippen LogP contribution is 2.31. The van der Waals surface area contributed by atoms with Crippen LogP contribution in [0.1, 0.15) is 55.7 Å². The summed E-state index contributed by atoms with van der Waals surface area (Å²) in [6.07, 6.45) is 12.9. The molecule has 4 heterocycles. The zero-order valence-electron chi connectivity index (χ0n) is 16.2. The zero-order valence-corrected chi connectivity index (χ0v) is 16.2. The lowest BCUT2D eigenvalue weighted by Gasteiger charge is -2.24. The Bertz CT molecular complexity index is 952. The number of imidazole rings is 1. The molecule has 3 aromatic rings. The maximum atomic E-state index is 12.9. The minimum atomic E-state index is -0.0392. The predicted octanol–water partition coefficient (Wildman–Crippen LogP) is 3.09. The Morgan fingerprint density at radius 3 is 2.89 bits per heavy atom. The van der Waals surface area contributed by atoms with Crippen molar-refractivity contribution < 1.29 is 4.79 Å². The summed E-state index contributed by atoms with van der Waals surface area (Å²) in [6, 6.07) is 3.75. The molecule has 0 bridgehead atoms. The van der Waals surface area contributed by atoms with Gasteiger partial charge in [-0.15, -0.1) is 0 Å². The second kappa shape index (κ2) is 7.88. The summed E-state index contributed by atoms with van der Waals surface area (Å²) in [5.74, 6) is 2.07. The molecule has 28 heavy (non-hydrogen) atoms. The van der Waals surface area contributed by atoms with Crippen molar-refractivity contribution in [3.05, 3.63) is 66.4 Å². The average Bonchev–Trinajstić information content (AvgIpc) is 3.39. The van der Waals surface area contributed by atoms with Gasteiger partial charge in [0.2, 0.25) is 5.91 Å². The maximum absolute atomic E-state index is 12.9. The van der Waals surface area contributed by atoms with Crippen molar-refractivity contribution in [2.45, 2.75) is 45.1 Å². The quantitative estimate of drug-likeness (QED) is 0.684. The molecular weight excluding hydrogens is 352 g/mol. The summed E-state index contributed by atoms with van der Waals surface area (Å²) >= 11 is 0. The van der Waals surface area contributed by atoms with Crippen LogP contribution in [0.2, 0.25) is 0 Å². The molecule has 3 aromatic heterocycles. The Kier molecular flexibility index (Phi) is 5.14. The van der Waals surface area contributed by atoms with E-state index in [1.54, 1.807) is 31.0 Å². The van der Waals surface area contributed by atoms with Gasteiger partial charge in [0, 0.05) is 37.3 Å². The molecule has 4 rings (SSSR count). The second-order valence-corrected chi connectivity index (χ2v) is 7.40. The van der Waals surface area contributed by atoms with Gasteiger partial charge >= 0.3 is 0 Å². The lowest BCUT2D eigenvalue weighted by molar-refractivity contribution is -0.131. The molecule has 1 saturated heterocycles. The number of likely N-dealkylation sites (tertiary alicyclic amines) is 1. The van der Waals surface area contributed by atoms with Gasteiger partial charge in [-0.05, 0) is 24.5 Å². The molecule has 0 spiro atoms. The first-order valence-corrected chi connectivity index (χ1v) is 9.67. The average molecular weight is 376 g/mol. The van der Waals surface area contributed by atoms with Crippen molar-refractivity contribution in [3.8, 4) is 5.82 Å². The van der Waals surface area contributed by atoms with Crippen molar-refractivity contribution in [2.24, 2.45) is 0 Å². The molecule has 1 atom stereocenters. The summed E-state index contributed by atoms with van der Waals surface area (Å²) in [5, 5.41) is 0. The fourth-order valence-corrected chi connectivity index (χ4v) is 3.73. The van der Waals surface area contributed by atoms with E-state index in [1.807, 2.05) is 27.8 Å². The van der Waals surface area contributed by atoms with Crippen molar-refractivity contribution in [3.63, 3.8) is 0 Å². The van der Waals surface area contributed by atoms with Crippen LogP contribution in [0.15, 0.2) is 49.3 Å². The third-order valence-corrected chi connectivity index (χ3v) is 5.07. The van der Waals surface area contributed by atoms with E-state index in [4.69, 9.17) is 4.98 Å². The standard InChI is InChI=1S/C21H24N6O/c1-15(2)21-24-8-10-27(21)19-14-23-13-17(25-19)18-6-4-9-26(18)20(28)11-16-5-3-7-22-12-16/h3,5,7-8,10,12-15,18H,4,6,9,11H2,1-2H3. The van der Waals surface area contributed by atoms with E-state index >= 15 is 0 Å². The smallest absolute Gasteiger partial charge is 0.227 e. The van der Waals surface area contributed by atoms with Crippen LogP contribution in [0.3, 0.4) is 0 Å². The van der Waals surface area contributed by atoms with Crippen molar-refractivity contribution >= 4 is 5.91 Å². The van der Waals surface area contributed by atoms with Crippen molar-refractivity contribution in [1.29, 1.82) is 0 Å². The van der Waals surface area contributed by atoms with Gasteiger partial charge in [-0.25, -0.2) is 9.97 Å². The highest BCUT2D eigenvalue weighted by atomic mass is 16.2. The van der Waals surface area contributed by atoms with Gasteiger partial charge in [0.1, 0.15) is 5.82 Å². The third-order valence-electron chi connectivity index (χ3n) is 5.07. The van der Waals surface area contributed by atoms with Gasteiger partial charge in [0.25, 0.3) is 0 Å². The molecule has 1 amide bonds. The van der Waals surface area contributed by atoms with Crippen LogP contribution in [-0.4, -0.2) is 41.9 Å². The Morgan fingerprint density at radius 2 is 2.11 bits per heavy atom. The Hall–Kier alpha value is -3.09. The number of pyridine rings is 1. The molecule has 7 heteroatoms. The van der Waals surface area contributed by atoms with E-state index in [0.717, 1.165) is 42.3 Å². The molecule has 0 N–H and O–H groups in total. The van der Waals surface area contributed by atoms with Gasteiger partial charge in [0.05, 0.1) is 30.6 Å². The minimum Gasteiger partial charge on any atom is -0.334 e. The lowest BCUT2D eigenvalue weighted by Crippen LogP contribution is -2.32. The number of carbonyl (C=O) groups excluding carboxylic acids is 1. The first kappa shape index (κ1) is 18.3. The van der Waals surface area contributed by atoms with Gasteiger partial charge in [-0.2, -0.15) is 0 Å². The highest BCUT2D eigenvalue weighted by molar-refractivity contribution is 5.79. The highest BCUT2D eigenvalue weighted by Gasteiger charge is 2.31. The van der Waals surface area contributed by atoms with Gasteiger partial charge < -0.3 is 4.90 Å². The summed E-state index contributed by atoms with van der Waals surface area (Å²) in [7, 11) is 0. The lowest BCUT2D eigenvalue weighted by atomic mass is 10.1. The fourth-order valence-electron chi connectivity index (χ4n) is 3.73. The third kappa shape index (κ3) is 3.65. The van der Waals surface area contributed by atoms with E-state index in [1.165, 1.54) is 0 Å². The van der Waals surface area contributed by atoms with Crippen LogP contribution < -0.4 is 0 Å². The SMILES string of the molecule is CC(C)c1nccn1-c1cncc(C2CCCN2C(=O)Cc2cccnc2)n1. The predicted molar refractivity (Wildman–Crippen MR) is 105 cm³/mol. The molecule has 1 fully saturated rings. The molecule has 1 aliphatic rings. The van der Waals surface area contributed by atoms with Crippen LogP contribution in [0.25, 0.3) is 5.82 Å². The van der Waals surface area contributed by atoms with Gasteiger partial charge in [0.15, 0.2) is 5.82 Å². The molecule has 0 aliphatic carbocycles. The fraction of sp³-hybridized carbons (Fsp3) is 0.381. The van der Waals surface area contributed by atoms with E-state index in [-0.39, 0.29) is 17.9 Å². The summed E-state index contributed by atoms with van der Waals surface area (Å²) in [5.41, 5.74) is 1.76. The molecule has 0 aromatic carbocycles. The summed E-state index contributed by atoms with van der Waals surface area (Å²) in [4.78, 5) is 32.6. The van der Waals surface area contributed by atoms with Gasteiger partial charge in [-0.1, -0.05) is 19.9 Å². The maximum Gasteiger partial charge on any atom is 0.227 e. The largest absolute Gasteiger partial charge is 0.334 e. The Balaban J connectivity index is 1.58. The summed E-state index contributed by atoms with van der Waals surface area (Å²) < 4.78 is 1.97. The second-order valence-electron chi connectivity index (χ2n) is 7.40.